The van der Waals surface area contributed by atoms with Gasteiger partial charge in [-0.05, 0) is 25.0 Å². The normalized spacial score (nSPS) is 18.8. The molecule has 0 unspecified atom stereocenters. The average molecular weight is 552 g/mol. The predicted octanol–water partition coefficient (Wildman–Crippen LogP) is 1.37. The van der Waals surface area contributed by atoms with E-state index in [2.05, 4.69) is 21.3 Å². The summed E-state index contributed by atoms with van der Waals surface area (Å²) in [7, 11) is 0. The number of hydrazine groups is 1. The summed E-state index contributed by atoms with van der Waals surface area (Å²) in [6, 6.07) is 5.28. The molecule has 0 bridgehead atoms. The molecule has 198 valence electrons. The number of nitrogens with two attached hydrogens (primary N) is 1. The standard InChI is InChI=1S/C18H24ClN7O2S.C2HF3O2/c19-18-15(2-1-5-22-18)23-16(27)9-24-6-3-13(4-7-24)26(21)10-17(28)25-12-29-11-14(25)8-20;3-2(4,5)1(6)7/h1-2,5,13-14H,3-4,6-7,9-12,21H2,(H,23,27);(H,6,7)/t14-;/m1./s1. The first-order valence-corrected chi connectivity index (χ1v) is 12.2. The molecule has 36 heavy (non-hydrogen) atoms. The molecule has 11 nitrogen and oxygen atoms in total. The lowest BCUT2D eigenvalue weighted by Crippen LogP contribution is -2.53. The van der Waals surface area contributed by atoms with Crippen molar-refractivity contribution >= 4 is 46.8 Å². The third kappa shape index (κ3) is 9.10. The first kappa shape index (κ1) is 29.6. The number of alkyl halides is 3. The highest BCUT2D eigenvalue weighted by molar-refractivity contribution is 7.99. The van der Waals surface area contributed by atoms with Crippen LogP contribution in [0.25, 0.3) is 0 Å². The van der Waals surface area contributed by atoms with Crippen LogP contribution in [0, 0.1) is 11.3 Å². The van der Waals surface area contributed by atoms with E-state index in [1.54, 1.807) is 40.0 Å². The molecule has 0 spiro atoms. The molecular weight excluding hydrogens is 527 g/mol. The van der Waals surface area contributed by atoms with Crippen molar-refractivity contribution in [3.63, 3.8) is 0 Å². The lowest BCUT2D eigenvalue weighted by molar-refractivity contribution is -0.192. The van der Waals surface area contributed by atoms with E-state index in [1.807, 2.05) is 0 Å². The molecule has 4 N–H and O–H groups in total. The van der Waals surface area contributed by atoms with Crippen molar-refractivity contribution in [2.24, 2.45) is 5.84 Å². The number of hydrogen-bond acceptors (Lipinski definition) is 9. The van der Waals surface area contributed by atoms with Gasteiger partial charge in [-0.2, -0.15) is 18.4 Å². The molecule has 2 fully saturated rings. The topological polar surface area (TPSA) is 156 Å². The maximum Gasteiger partial charge on any atom is 0.490 e. The number of rotatable bonds is 6. The van der Waals surface area contributed by atoms with E-state index in [4.69, 9.17) is 32.6 Å². The van der Waals surface area contributed by atoms with Gasteiger partial charge in [0.15, 0.2) is 5.15 Å². The fraction of sp³-hybridized carbons (Fsp3) is 0.550. The Balaban J connectivity index is 0.000000572. The summed E-state index contributed by atoms with van der Waals surface area (Å²) in [4.78, 5) is 41.2. The number of halogens is 4. The molecule has 1 atom stereocenters. The second-order valence-electron chi connectivity index (χ2n) is 7.88. The lowest BCUT2D eigenvalue weighted by Gasteiger charge is -2.36. The Kier molecular flexibility index (Phi) is 11.2. The first-order chi connectivity index (χ1) is 16.9. The third-order valence-electron chi connectivity index (χ3n) is 5.34. The number of anilines is 1. The van der Waals surface area contributed by atoms with Crippen LogP contribution in [0.4, 0.5) is 18.9 Å². The van der Waals surface area contributed by atoms with Gasteiger partial charge in [-0.1, -0.05) is 11.6 Å². The molecule has 0 radical (unpaired) electrons. The number of aromatic nitrogens is 1. The molecule has 2 aliphatic heterocycles. The van der Waals surface area contributed by atoms with Gasteiger partial charge < -0.3 is 15.3 Å². The molecular formula is C20H25ClF3N7O4S. The number of hydrogen-bond donors (Lipinski definition) is 3. The van der Waals surface area contributed by atoms with Crippen molar-refractivity contribution < 1.29 is 32.7 Å². The fourth-order valence-corrected chi connectivity index (χ4v) is 4.72. The number of nitrogens with one attached hydrogen (secondary N) is 1. The molecule has 1 aromatic heterocycles. The number of carbonyl (C=O) groups is 3. The molecule has 0 aromatic carbocycles. The Hall–Kier alpha value is -2.64. The number of thioether (sulfide) groups is 1. The molecule has 0 aliphatic carbocycles. The highest BCUT2D eigenvalue weighted by Crippen LogP contribution is 2.22. The van der Waals surface area contributed by atoms with Crippen LogP contribution in [0.15, 0.2) is 18.3 Å². The van der Waals surface area contributed by atoms with Crippen LogP contribution in [-0.4, -0.2) is 98.8 Å². The summed E-state index contributed by atoms with van der Waals surface area (Å²) < 4.78 is 31.7. The first-order valence-electron chi connectivity index (χ1n) is 10.6. The van der Waals surface area contributed by atoms with E-state index in [0.29, 0.717) is 30.4 Å². The maximum atomic E-state index is 12.4. The number of nitriles is 1. The van der Waals surface area contributed by atoms with Crippen molar-refractivity contribution in [2.75, 3.05) is 43.1 Å². The third-order valence-corrected chi connectivity index (χ3v) is 6.65. The van der Waals surface area contributed by atoms with E-state index in [9.17, 15) is 22.8 Å². The second kappa shape index (κ2) is 13.6. The van der Waals surface area contributed by atoms with Crippen LogP contribution in [0.3, 0.4) is 0 Å². The van der Waals surface area contributed by atoms with Gasteiger partial charge in [-0.25, -0.2) is 14.8 Å². The minimum Gasteiger partial charge on any atom is -0.475 e. The number of carboxylic acids is 1. The van der Waals surface area contributed by atoms with Gasteiger partial charge in [0.05, 0.1) is 30.7 Å². The number of likely N-dealkylation sites (tertiary alicyclic amines) is 1. The van der Waals surface area contributed by atoms with Crippen LogP contribution >= 0.6 is 23.4 Å². The molecule has 16 heteroatoms. The summed E-state index contributed by atoms with van der Waals surface area (Å²) in [5.41, 5.74) is 0.497. The number of amides is 2. The molecule has 1 aromatic rings. The Morgan fingerprint density at radius 2 is 2.00 bits per heavy atom. The lowest BCUT2D eigenvalue weighted by atomic mass is 10.0. The molecule has 2 saturated heterocycles. The Morgan fingerprint density at radius 1 is 1.36 bits per heavy atom. The summed E-state index contributed by atoms with van der Waals surface area (Å²) in [5.74, 6) is 4.32. The van der Waals surface area contributed by atoms with Gasteiger partial charge in [-0.3, -0.25) is 20.3 Å². The predicted molar refractivity (Wildman–Crippen MR) is 125 cm³/mol. The molecule has 2 aliphatic rings. The van der Waals surface area contributed by atoms with Crippen molar-refractivity contribution in [3.8, 4) is 6.07 Å². The Labute approximate surface area is 214 Å². The van der Waals surface area contributed by atoms with Crippen LogP contribution in [-0.2, 0) is 14.4 Å². The minimum atomic E-state index is -5.08. The SMILES string of the molecule is N#C[C@@H]1CSCN1C(=O)CN(N)C1CCN(CC(=O)Nc2cccnc2Cl)CC1.O=C(O)C(F)(F)F. The van der Waals surface area contributed by atoms with Gasteiger partial charge >= 0.3 is 12.1 Å². The van der Waals surface area contributed by atoms with E-state index in [-0.39, 0.29) is 42.1 Å². The monoisotopic (exact) mass is 551 g/mol. The van der Waals surface area contributed by atoms with Gasteiger partial charge in [0.2, 0.25) is 11.8 Å². The van der Waals surface area contributed by atoms with E-state index in [0.717, 1.165) is 12.8 Å². The van der Waals surface area contributed by atoms with E-state index in [1.165, 1.54) is 0 Å². The second-order valence-corrected chi connectivity index (χ2v) is 9.24. The number of nitrogens with zero attached hydrogens (tertiary/aromatic N) is 5. The fourth-order valence-electron chi connectivity index (χ4n) is 3.45. The van der Waals surface area contributed by atoms with Crippen LogP contribution in [0.5, 0.6) is 0 Å². The summed E-state index contributed by atoms with van der Waals surface area (Å²) in [6.07, 6.45) is -1.99. The Bertz CT molecular complexity index is 973. The molecule has 2 amide bonds. The van der Waals surface area contributed by atoms with Crippen molar-refractivity contribution in [3.05, 3.63) is 23.5 Å². The molecule has 3 rings (SSSR count). The quantitative estimate of drug-likeness (QED) is 0.268. The van der Waals surface area contributed by atoms with Crippen LogP contribution < -0.4 is 11.2 Å². The number of pyridine rings is 1. The van der Waals surface area contributed by atoms with E-state index >= 15 is 0 Å². The van der Waals surface area contributed by atoms with Crippen molar-refractivity contribution in [1.29, 1.82) is 5.26 Å². The highest BCUT2D eigenvalue weighted by atomic mass is 35.5. The number of aliphatic carboxylic acids is 1. The zero-order chi connectivity index (χ0) is 26.9. The van der Waals surface area contributed by atoms with Gasteiger partial charge in [0.25, 0.3) is 0 Å². The van der Waals surface area contributed by atoms with E-state index < -0.39 is 12.1 Å². The molecule has 3 heterocycles. The van der Waals surface area contributed by atoms with Crippen LogP contribution in [0.1, 0.15) is 12.8 Å². The highest BCUT2D eigenvalue weighted by Gasteiger charge is 2.38. The zero-order valence-corrected chi connectivity index (χ0v) is 20.5. The summed E-state index contributed by atoms with van der Waals surface area (Å²) >= 11 is 7.54. The maximum absolute atomic E-state index is 12.4. The molecule has 0 saturated carbocycles. The van der Waals surface area contributed by atoms with Gasteiger partial charge in [0, 0.05) is 31.1 Å². The summed E-state index contributed by atoms with van der Waals surface area (Å²) in [5, 5.41) is 20.9. The smallest absolute Gasteiger partial charge is 0.475 e. The van der Waals surface area contributed by atoms with Gasteiger partial charge in [0.1, 0.15) is 6.04 Å². The number of carboxylic acid groups (broad SMARTS) is 1. The largest absolute Gasteiger partial charge is 0.490 e. The van der Waals surface area contributed by atoms with Gasteiger partial charge in [-0.15, -0.1) is 11.8 Å². The minimum absolute atomic E-state index is 0.0711. The Morgan fingerprint density at radius 3 is 2.56 bits per heavy atom. The zero-order valence-electron chi connectivity index (χ0n) is 18.9. The van der Waals surface area contributed by atoms with Crippen molar-refractivity contribution in [1.82, 2.24) is 19.8 Å². The van der Waals surface area contributed by atoms with Crippen molar-refractivity contribution in [2.45, 2.75) is 31.1 Å². The van der Waals surface area contributed by atoms with Crippen LogP contribution in [0.2, 0.25) is 5.15 Å². The average Bonchev–Trinajstić information content (AvgIpc) is 3.30. The number of carbonyl (C=O) groups excluding carboxylic acids is 2. The summed E-state index contributed by atoms with van der Waals surface area (Å²) in [6.45, 7) is 1.78. The number of piperidine rings is 1.